The highest BCUT2D eigenvalue weighted by Crippen LogP contribution is 2.37. The van der Waals surface area contributed by atoms with Crippen LogP contribution in [0, 0.1) is 13.8 Å². The van der Waals surface area contributed by atoms with Crippen LogP contribution in [0.5, 0.6) is 23.0 Å². The number of hydrogen-bond donors (Lipinski definition) is 2. The van der Waals surface area contributed by atoms with Crippen molar-refractivity contribution in [1.82, 2.24) is 9.80 Å². The molecule has 0 aliphatic carbocycles. The third-order valence-electron chi connectivity index (χ3n) is 11.8. The molecule has 0 spiro atoms. The van der Waals surface area contributed by atoms with Crippen molar-refractivity contribution >= 4 is 46.7 Å². The molecule has 0 aromatic heterocycles. The van der Waals surface area contributed by atoms with Gasteiger partial charge in [-0.3, -0.25) is 9.59 Å². The zero-order valence-corrected chi connectivity index (χ0v) is 40.2. The Bertz CT molecular complexity index is 2270. The van der Waals surface area contributed by atoms with Gasteiger partial charge >= 0.3 is 0 Å². The highest BCUT2D eigenvalue weighted by molar-refractivity contribution is 7.99. The second kappa shape index (κ2) is 23.3. The zero-order chi connectivity index (χ0) is 46.4. The quantitative estimate of drug-likeness (QED) is 0.110. The Kier molecular flexibility index (Phi) is 16.8. The average Bonchev–Trinajstić information content (AvgIpc) is 3.38. The third kappa shape index (κ3) is 12.1. The summed E-state index contributed by atoms with van der Waals surface area (Å²) in [6, 6.07) is 47.1. The van der Waals surface area contributed by atoms with Crippen LogP contribution in [0.25, 0.3) is 0 Å². The van der Waals surface area contributed by atoms with Gasteiger partial charge in [-0.15, -0.1) is 0 Å². The van der Waals surface area contributed by atoms with Crippen molar-refractivity contribution in [3.8, 4) is 23.0 Å². The molecule has 2 saturated heterocycles. The van der Waals surface area contributed by atoms with E-state index in [1.807, 2.05) is 168 Å². The number of methoxy groups -OCH3 is 4. The summed E-state index contributed by atoms with van der Waals surface area (Å²) < 4.78 is 21.7. The van der Waals surface area contributed by atoms with E-state index in [2.05, 4.69) is 34.9 Å². The van der Waals surface area contributed by atoms with E-state index in [4.69, 9.17) is 18.9 Å². The molecule has 2 heterocycles. The fourth-order valence-electron chi connectivity index (χ4n) is 8.18. The van der Waals surface area contributed by atoms with E-state index < -0.39 is 12.1 Å². The minimum Gasteiger partial charge on any atom is -0.497 e. The standard InChI is InChI=1S/2C27H30N2O3S/c2*1-19-9-11-21(12-10-19)26(28-22-15-23(31-2)17-24(16-22)32-3)27(30)29-13-14-33-18-25(29)20-7-5-4-6-8-20/h2*4-12,15-17,25-26,28H,13-14,18H2,1-3H3. The number of aryl methyl sites for hydroxylation is 2. The highest BCUT2D eigenvalue weighted by Gasteiger charge is 2.35. The lowest BCUT2D eigenvalue weighted by molar-refractivity contribution is -0.135. The van der Waals surface area contributed by atoms with Crippen molar-refractivity contribution in [3.63, 3.8) is 0 Å². The van der Waals surface area contributed by atoms with Gasteiger partial charge < -0.3 is 39.4 Å². The van der Waals surface area contributed by atoms with Gasteiger partial charge in [-0.2, -0.15) is 23.5 Å². The predicted octanol–water partition coefficient (Wildman–Crippen LogP) is 11.0. The van der Waals surface area contributed by atoms with Crippen molar-refractivity contribution in [1.29, 1.82) is 0 Å². The van der Waals surface area contributed by atoms with Gasteiger partial charge in [-0.25, -0.2) is 0 Å². The number of carbonyl (C=O) groups is 2. The van der Waals surface area contributed by atoms with Crippen LogP contribution in [0.15, 0.2) is 146 Å². The molecule has 344 valence electrons. The Morgan fingerprint density at radius 2 is 0.833 bits per heavy atom. The first-order valence-electron chi connectivity index (χ1n) is 22.2. The van der Waals surface area contributed by atoms with Crippen molar-refractivity contribution in [2.75, 3.05) is 75.2 Å². The maximum atomic E-state index is 14.1. The molecular formula is C54H60N4O6S2. The van der Waals surface area contributed by atoms with Gasteiger partial charge in [0.1, 0.15) is 35.1 Å². The minimum atomic E-state index is -0.531. The number of amides is 2. The number of benzene rings is 6. The molecule has 2 aliphatic rings. The first kappa shape index (κ1) is 47.7. The van der Waals surface area contributed by atoms with E-state index in [-0.39, 0.29) is 23.9 Å². The van der Waals surface area contributed by atoms with Crippen molar-refractivity contribution in [2.45, 2.75) is 38.0 Å². The molecule has 8 rings (SSSR count). The summed E-state index contributed by atoms with van der Waals surface area (Å²) in [5, 5.41) is 6.95. The molecular weight excluding hydrogens is 865 g/mol. The van der Waals surface area contributed by atoms with Crippen LogP contribution in [0.1, 0.15) is 57.5 Å². The summed E-state index contributed by atoms with van der Waals surface area (Å²) in [6.45, 7) is 5.53. The zero-order valence-electron chi connectivity index (χ0n) is 38.6. The Hall–Kier alpha value is -6.24. The van der Waals surface area contributed by atoms with Gasteiger partial charge in [0, 0.05) is 83.9 Å². The van der Waals surface area contributed by atoms with Gasteiger partial charge in [0.25, 0.3) is 0 Å². The summed E-state index contributed by atoms with van der Waals surface area (Å²) in [5.74, 6) is 6.46. The molecule has 6 aromatic carbocycles. The normalized spacial score (nSPS) is 16.7. The van der Waals surface area contributed by atoms with Crippen LogP contribution in [0.4, 0.5) is 11.4 Å². The van der Waals surface area contributed by atoms with Crippen LogP contribution in [0.3, 0.4) is 0 Å². The highest BCUT2D eigenvalue weighted by atomic mass is 32.2. The molecule has 4 atom stereocenters. The van der Waals surface area contributed by atoms with Gasteiger partial charge in [-0.1, -0.05) is 120 Å². The number of anilines is 2. The molecule has 66 heavy (non-hydrogen) atoms. The SMILES string of the molecule is COc1cc(NC(C(=O)N2CCSCC2c2ccccc2)c2ccc(C)cc2)cc(OC)c1.COc1cc(NC(C(=O)N2CCSCC2c2ccccc2)c2ccc(C)cc2)cc(OC)c1. The van der Waals surface area contributed by atoms with Crippen molar-refractivity contribution < 1.29 is 28.5 Å². The fraction of sp³-hybridized carbons (Fsp3) is 0.296. The lowest BCUT2D eigenvalue weighted by Crippen LogP contribution is -2.44. The van der Waals surface area contributed by atoms with E-state index in [1.165, 1.54) is 11.1 Å². The number of nitrogens with zero attached hydrogens (tertiary/aromatic N) is 2. The largest absolute Gasteiger partial charge is 0.497 e. The molecule has 2 N–H and O–H groups in total. The fourth-order valence-corrected chi connectivity index (χ4v) is 10.4. The Labute approximate surface area is 398 Å². The summed E-state index contributed by atoms with van der Waals surface area (Å²) in [5.41, 5.74) is 8.05. The summed E-state index contributed by atoms with van der Waals surface area (Å²) in [4.78, 5) is 32.2. The summed E-state index contributed by atoms with van der Waals surface area (Å²) in [6.07, 6.45) is 0. The lowest BCUT2D eigenvalue weighted by Gasteiger charge is -2.38. The molecule has 2 aliphatic heterocycles. The van der Waals surface area contributed by atoms with Crippen LogP contribution in [-0.2, 0) is 9.59 Å². The molecule has 0 bridgehead atoms. The van der Waals surface area contributed by atoms with Crippen molar-refractivity contribution in [3.05, 3.63) is 179 Å². The summed E-state index contributed by atoms with van der Waals surface area (Å²) >= 11 is 3.79. The minimum absolute atomic E-state index is 0.0482. The molecule has 12 heteroatoms. The molecule has 0 saturated carbocycles. The van der Waals surface area contributed by atoms with E-state index in [0.29, 0.717) is 36.1 Å². The Morgan fingerprint density at radius 1 is 0.500 bits per heavy atom. The second-order valence-electron chi connectivity index (χ2n) is 16.2. The first-order valence-corrected chi connectivity index (χ1v) is 24.5. The molecule has 2 fully saturated rings. The van der Waals surface area contributed by atoms with Gasteiger partial charge in [0.15, 0.2) is 0 Å². The van der Waals surface area contributed by atoms with Crippen LogP contribution < -0.4 is 29.6 Å². The van der Waals surface area contributed by atoms with E-state index >= 15 is 0 Å². The van der Waals surface area contributed by atoms with Gasteiger partial charge in [-0.05, 0) is 36.1 Å². The van der Waals surface area contributed by atoms with Gasteiger partial charge in [0.05, 0.1) is 40.5 Å². The summed E-state index contributed by atoms with van der Waals surface area (Å²) in [7, 11) is 6.49. The number of nitrogens with one attached hydrogen (secondary N) is 2. The number of carbonyl (C=O) groups excluding carboxylic acids is 2. The topological polar surface area (TPSA) is 102 Å². The van der Waals surface area contributed by atoms with Gasteiger partial charge in [0.2, 0.25) is 11.8 Å². The van der Waals surface area contributed by atoms with Crippen LogP contribution >= 0.6 is 23.5 Å². The molecule has 2 amide bonds. The Morgan fingerprint density at radius 3 is 1.15 bits per heavy atom. The number of ether oxygens (including phenoxy) is 4. The van der Waals surface area contributed by atoms with Crippen LogP contribution in [0.2, 0.25) is 0 Å². The Balaban J connectivity index is 0.000000196. The van der Waals surface area contributed by atoms with Crippen LogP contribution in [-0.4, -0.2) is 86.2 Å². The smallest absolute Gasteiger partial charge is 0.250 e. The number of thioether (sulfide) groups is 2. The molecule has 4 unspecified atom stereocenters. The molecule has 0 radical (unpaired) electrons. The lowest BCUT2D eigenvalue weighted by atomic mass is 10.0. The van der Waals surface area contributed by atoms with E-state index in [1.54, 1.807) is 28.4 Å². The first-order chi connectivity index (χ1) is 32.2. The maximum Gasteiger partial charge on any atom is 0.250 e. The monoisotopic (exact) mass is 924 g/mol. The second-order valence-corrected chi connectivity index (χ2v) is 18.5. The molecule has 6 aromatic rings. The molecule has 10 nitrogen and oxygen atoms in total. The van der Waals surface area contributed by atoms with Crippen molar-refractivity contribution in [2.24, 2.45) is 0 Å². The van der Waals surface area contributed by atoms with E-state index in [0.717, 1.165) is 56.6 Å². The third-order valence-corrected chi connectivity index (χ3v) is 13.9. The number of rotatable bonds is 14. The maximum absolute atomic E-state index is 14.1. The number of hydrogen-bond acceptors (Lipinski definition) is 10. The average molecular weight is 925 g/mol. The predicted molar refractivity (Wildman–Crippen MR) is 271 cm³/mol. The van der Waals surface area contributed by atoms with E-state index in [9.17, 15) is 9.59 Å².